The second-order valence-electron chi connectivity index (χ2n) is 7.27. The SMILES string of the molecule is O=C(Nc1cc(F)c2c(c1)c(/C=C/c1cccnc1)nn2C(=O)C1CC=CO1)c1ccco1. The largest absolute Gasteiger partial charge is 0.488 e. The second kappa shape index (κ2) is 8.54. The summed E-state index contributed by atoms with van der Waals surface area (Å²) in [7, 11) is 0. The van der Waals surface area contributed by atoms with Crippen molar-refractivity contribution in [1.29, 1.82) is 0 Å². The minimum atomic E-state index is -0.777. The van der Waals surface area contributed by atoms with E-state index in [1.165, 1.54) is 18.6 Å². The number of carbonyl (C=O) groups is 2. The molecule has 0 radical (unpaired) electrons. The average Bonchev–Trinajstić information content (AvgIpc) is 3.59. The Morgan fingerprint density at radius 3 is 2.85 bits per heavy atom. The molecule has 0 fully saturated rings. The molecule has 1 aliphatic rings. The first-order valence-electron chi connectivity index (χ1n) is 10.1. The Balaban J connectivity index is 1.58. The number of benzene rings is 1. The lowest BCUT2D eigenvalue weighted by atomic mass is 10.1. The number of hydrogen-bond acceptors (Lipinski definition) is 6. The standard InChI is InChI=1S/C24H17FN4O4/c25-18-13-16(27-23(30)20-5-2-10-32-20)12-17-19(8-7-15-4-1-9-26-14-15)28-29(22(17)18)24(31)21-6-3-11-33-21/h1-5,7-14,21H,6H2,(H,27,30)/b8-7+. The zero-order valence-electron chi connectivity index (χ0n) is 17.1. The quantitative estimate of drug-likeness (QED) is 0.486. The average molecular weight is 444 g/mol. The molecule has 4 aromatic rings. The molecule has 1 N–H and O–H groups in total. The summed E-state index contributed by atoms with van der Waals surface area (Å²) in [4.78, 5) is 29.4. The fourth-order valence-corrected chi connectivity index (χ4v) is 3.51. The molecule has 1 aromatic carbocycles. The van der Waals surface area contributed by atoms with E-state index in [0.717, 1.165) is 16.3 Å². The van der Waals surface area contributed by atoms with Crippen LogP contribution in [-0.4, -0.2) is 32.7 Å². The van der Waals surface area contributed by atoms with E-state index >= 15 is 4.39 Å². The highest BCUT2D eigenvalue weighted by molar-refractivity contribution is 6.05. The lowest BCUT2D eigenvalue weighted by Crippen LogP contribution is -2.27. The smallest absolute Gasteiger partial charge is 0.291 e. The number of pyridine rings is 1. The number of hydrogen-bond donors (Lipinski definition) is 1. The number of carbonyl (C=O) groups excluding carboxylic acids is 2. The van der Waals surface area contributed by atoms with E-state index in [1.807, 2.05) is 6.07 Å². The lowest BCUT2D eigenvalue weighted by Gasteiger charge is -2.10. The van der Waals surface area contributed by atoms with Gasteiger partial charge in [0, 0.05) is 29.9 Å². The molecule has 1 unspecified atom stereocenters. The Bertz CT molecular complexity index is 1380. The van der Waals surface area contributed by atoms with Gasteiger partial charge in [-0.25, -0.2) is 4.39 Å². The molecule has 9 heteroatoms. The van der Waals surface area contributed by atoms with Gasteiger partial charge in [-0.3, -0.25) is 14.6 Å². The van der Waals surface area contributed by atoms with Gasteiger partial charge >= 0.3 is 0 Å². The summed E-state index contributed by atoms with van der Waals surface area (Å²) in [5.74, 6) is -1.64. The Hall–Kier alpha value is -4.53. The van der Waals surface area contributed by atoms with E-state index in [0.29, 0.717) is 17.5 Å². The number of amides is 1. The predicted octanol–water partition coefficient (Wildman–Crippen LogP) is 4.53. The number of aromatic nitrogens is 3. The minimum Gasteiger partial charge on any atom is -0.488 e. The monoisotopic (exact) mass is 444 g/mol. The van der Waals surface area contributed by atoms with Crippen molar-refractivity contribution in [3.05, 3.63) is 90.2 Å². The van der Waals surface area contributed by atoms with E-state index < -0.39 is 23.7 Å². The van der Waals surface area contributed by atoms with E-state index in [1.54, 1.807) is 48.8 Å². The number of fused-ring (bicyclic) bond motifs is 1. The summed E-state index contributed by atoms with van der Waals surface area (Å²) in [5, 5.41) is 7.32. The lowest BCUT2D eigenvalue weighted by molar-refractivity contribution is 0.0649. The highest BCUT2D eigenvalue weighted by Crippen LogP contribution is 2.29. The molecule has 33 heavy (non-hydrogen) atoms. The number of anilines is 1. The number of halogens is 1. The topological polar surface area (TPSA) is 99.2 Å². The third kappa shape index (κ3) is 4.03. The molecule has 0 aliphatic carbocycles. The van der Waals surface area contributed by atoms with Crippen LogP contribution < -0.4 is 5.32 Å². The fourth-order valence-electron chi connectivity index (χ4n) is 3.51. The van der Waals surface area contributed by atoms with Gasteiger partial charge in [0.15, 0.2) is 17.7 Å². The maximum atomic E-state index is 15.2. The fraction of sp³-hybridized carbons (Fsp3) is 0.0833. The van der Waals surface area contributed by atoms with Crippen LogP contribution in [0.15, 0.2) is 71.8 Å². The highest BCUT2D eigenvalue weighted by Gasteiger charge is 2.27. The number of nitrogens with zero attached hydrogens (tertiary/aromatic N) is 3. The van der Waals surface area contributed by atoms with Crippen LogP contribution in [-0.2, 0) is 4.74 Å². The van der Waals surface area contributed by atoms with Gasteiger partial charge in [0.25, 0.3) is 11.8 Å². The third-order valence-electron chi connectivity index (χ3n) is 5.05. The van der Waals surface area contributed by atoms with Crippen LogP contribution in [0.3, 0.4) is 0 Å². The van der Waals surface area contributed by atoms with Gasteiger partial charge in [0.05, 0.1) is 18.2 Å². The van der Waals surface area contributed by atoms with E-state index in [9.17, 15) is 9.59 Å². The van der Waals surface area contributed by atoms with Crippen molar-refractivity contribution in [2.75, 3.05) is 5.32 Å². The maximum absolute atomic E-state index is 15.2. The molecule has 4 heterocycles. The Kier molecular flexibility index (Phi) is 5.27. The van der Waals surface area contributed by atoms with Crippen LogP contribution in [0.1, 0.15) is 33.0 Å². The molecule has 1 atom stereocenters. The number of ether oxygens (including phenoxy) is 1. The maximum Gasteiger partial charge on any atom is 0.291 e. The van der Waals surface area contributed by atoms with Crippen LogP contribution in [0.5, 0.6) is 0 Å². The molecule has 5 rings (SSSR count). The summed E-state index contributed by atoms with van der Waals surface area (Å²) in [6.07, 6.45) is 10.9. The molecular formula is C24H17FN4O4. The van der Waals surface area contributed by atoms with E-state index in [4.69, 9.17) is 9.15 Å². The first-order chi connectivity index (χ1) is 16.1. The highest BCUT2D eigenvalue weighted by atomic mass is 19.1. The molecule has 1 amide bonds. The Morgan fingerprint density at radius 1 is 1.21 bits per heavy atom. The predicted molar refractivity (Wildman–Crippen MR) is 119 cm³/mol. The van der Waals surface area contributed by atoms with Crippen LogP contribution in [0.2, 0.25) is 0 Å². The summed E-state index contributed by atoms with van der Waals surface area (Å²) in [6.45, 7) is 0. The summed E-state index contributed by atoms with van der Waals surface area (Å²) < 4.78 is 26.7. The number of rotatable bonds is 5. The van der Waals surface area contributed by atoms with Crippen LogP contribution >= 0.6 is 0 Å². The molecule has 0 saturated carbocycles. The van der Waals surface area contributed by atoms with Gasteiger partial charge in [-0.05, 0) is 48.0 Å². The first kappa shape index (κ1) is 20.4. The molecule has 0 spiro atoms. The summed E-state index contributed by atoms with van der Waals surface area (Å²) in [6, 6.07) is 9.41. The van der Waals surface area contributed by atoms with Gasteiger partial charge in [-0.2, -0.15) is 9.78 Å². The number of nitrogens with one attached hydrogen (secondary N) is 1. The molecule has 164 valence electrons. The van der Waals surface area contributed by atoms with Crippen LogP contribution in [0.4, 0.5) is 10.1 Å². The molecule has 0 bridgehead atoms. The normalized spacial score (nSPS) is 15.2. The molecule has 0 saturated heterocycles. The third-order valence-corrected chi connectivity index (χ3v) is 5.05. The molecular weight excluding hydrogens is 427 g/mol. The van der Waals surface area contributed by atoms with E-state index in [-0.39, 0.29) is 17.0 Å². The number of furan rings is 1. The van der Waals surface area contributed by atoms with Gasteiger partial charge in [0.2, 0.25) is 0 Å². The van der Waals surface area contributed by atoms with Crippen molar-refractivity contribution in [2.24, 2.45) is 0 Å². The Labute approximate surface area is 187 Å². The van der Waals surface area contributed by atoms with Gasteiger partial charge in [-0.15, -0.1) is 0 Å². The summed E-state index contributed by atoms with van der Waals surface area (Å²) in [5.41, 5.74) is 1.35. The van der Waals surface area contributed by atoms with Gasteiger partial charge in [0.1, 0.15) is 5.52 Å². The van der Waals surface area contributed by atoms with Gasteiger partial charge in [-0.1, -0.05) is 12.1 Å². The first-order valence-corrected chi connectivity index (χ1v) is 10.1. The minimum absolute atomic E-state index is 0.00247. The van der Waals surface area contributed by atoms with Crippen molar-refractivity contribution in [2.45, 2.75) is 12.5 Å². The molecule has 3 aromatic heterocycles. The zero-order chi connectivity index (χ0) is 22.8. The van der Waals surface area contributed by atoms with Crippen molar-refractivity contribution >= 4 is 40.6 Å². The molecule has 8 nitrogen and oxygen atoms in total. The molecule has 1 aliphatic heterocycles. The van der Waals surface area contributed by atoms with Crippen molar-refractivity contribution < 1.29 is 23.1 Å². The van der Waals surface area contributed by atoms with Gasteiger partial charge < -0.3 is 14.5 Å². The second-order valence-corrected chi connectivity index (χ2v) is 7.27. The zero-order valence-corrected chi connectivity index (χ0v) is 17.1. The Morgan fingerprint density at radius 2 is 2.12 bits per heavy atom. The van der Waals surface area contributed by atoms with Crippen LogP contribution in [0.25, 0.3) is 23.1 Å². The summed E-state index contributed by atoms with van der Waals surface area (Å²) >= 11 is 0. The van der Waals surface area contributed by atoms with E-state index in [2.05, 4.69) is 15.4 Å². The van der Waals surface area contributed by atoms with Crippen molar-refractivity contribution in [1.82, 2.24) is 14.8 Å². The van der Waals surface area contributed by atoms with Crippen molar-refractivity contribution in [3.8, 4) is 0 Å². The van der Waals surface area contributed by atoms with Crippen molar-refractivity contribution in [3.63, 3.8) is 0 Å². The van der Waals surface area contributed by atoms with Crippen LogP contribution in [0, 0.1) is 5.82 Å².